The summed E-state index contributed by atoms with van der Waals surface area (Å²) in [5.41, 5.74) is 0.571. The first-order valence-corrected chi connectivity index (χ1v) is 8.19. The minimum atomic E-state index is -0.760. The number of ether oxygens (including phenoxy) is 2. The van der Waals surface area contributed by atoms with Crippen LogP contribution in [0.1, 0.15) is 5.56 Å². The van der Waals surface area contributed by atoms with Crippen LogP contribution in [0.2, 0.25) is 8.67 Å². The van der Waals surface area contributed by atoms with Gasteiger partial charge in [0, 0.05) is 11.8 Å². The highest BCUT2D eigenvalue weighted by Gasteiger charge is 2.19. The topological polar surface area (TPSA) is 68.1 Å². The Kier molecular flexibility index (Phi) is 6.25. The van der Waals surface area contributed by atoms with Gasteiger partial charge in [-0.15, -0.1) is 11.3 Å². The first kappa shape index (κ1) is 18.3. The Bertz CT molecular complexity index is 814. The van der Waals surface area contributed by atoms with Gasteiger partial charge in [0.2, 0.25) is 0 Å². The molecule has 0 amide bonds. The van der Waals surface area contributed by atoms with E-state index in [0.717, 1.165) is 11.3 Å². The molecule has 8 heteroatoms. The van der Waals surface area contributed by atoms with Gasteiger partial charge >= 0.3 is 5.97 Å². The van der Waals surface area contributed by atoms with Gasteiger partial charge in [-0.3, -0.25) is 4.99 Å². The molecule has 0 radical (unpaired) electrons. The lowest BCUT2D eigenvalue weighted by molar-refractivity contribution is -0.135. The molecule has 0 aliphatic carbocycles. The summed E-state index contributed by atoms with van der Waals surface area (Å²) in [5.74, 6) is -0.604. The van der Waals surface area contributed by atoms with Gasteiger partial charge in [-0.25, -0.2) is 4.79 Å². The average molecular weight is 386 g/mol. The van der Waals surface area contributed by atoms with E-state index in [1.807, 2.05) is 0 Å². The van der Waals surface area contributed by atoms with Gasteiger partial charge in [0.15, 0.2) is 0 Å². The molecular formula is C16H13Cl2NO4S. The Morgan fingerprint density at radius 2 is 2.00 bits per heavy atom. The Morgan fingerprint density at radius 3 is 2.58 bits per heavy atom. The molecule has 1 N–H and O–H groups in total. The molecule has 126 valence electrons. The molecule has 0 saturated heterocycles. The van der Waals surface area contributed by atoms with Crippen LogP contribution in [0.4, 0.5) is 5.69 Å². The van der Waals surface area contributed by atoms with Crippen molar-refractivity contribution in [2.45, 2.75) is 0 Å². The van der Waals surface area contributed by atoms with E-state index in [1.54, 1.807) is 24.3 Å². The first-order valence-electron chi connectivity index (χ1n) is 6.61. The molecule has 0 atom stereocenters. The number of aliphatic hydroxyl groups is 1. The molecule has 24 heavy (non-hydrogen) atoms. The van der Waals surface area contributed by atoms with E-state index in [-0.39, 0.29) is 21.2 Å². The lowest BCUT2D eigenvalue weighted by Crippen LogP contribution is -2.09. The third-order valence-electron chi connectivity index (χ3n) is 2.99. The summed E-state index contributed by atoms with van der Waals surface area (Å²) < 4.78 is 10.5. The number of nitrogens with zero attached hydrogens (tertiary/aromatic N) is 1. The standard InChI is InChI=1S/C16H13Cl2NO4S/c1-22-12-6-4-3-5-11(12)19-8-10(16(21)23-2)14(20)9-7-13(17)24-15(9)18/h3-8,20H,1-2H3/b14-10+,19-8?. The van der Waals surface area contributed by atoms with Gasteiger partial charge < -0.3 is 14.6 Å². The highest BCUT2D eigenvalue weighted by molar-refractivity contribution is 7.20. The fraction of sp³-hybridized carbons (Fsp3) is 0.125. The number of hydrogen-bond acceptors (Lipinski definition) is 6. The normalized spacial score (nSPS) is 12.2. The van der Waals surface area contributed by atoms with Crippen molar-refractivity contribution in [2.75, 3.05) is 14.2 Å². The van der Waals surface area contributed by atoms with Crippen LogP contribution in [-0.2, 0) is 9.53 Å². The molecule has 0 aliphatic rings. The van der Waals surface area contributed by atoms with Crippen LogP contribution in [0.15, 0.2) is 40.9 Å². The summed E-state index contributed by atoms with van der Waals surface area (Å²) in [6, 6.07) is 8.45. The van der Waals surface area contributed by atoms with E-state index in [0.29, 0.717) is 15.8 Å². The van der Waals surface area contributed by atoms with Crippen LogP contribution in [-0.4, -0.2) is 31.5 Å². The monoisotopic (exact) mass is 385 g/mol. The Balaban J connectivity index is 2.50. The van der Waals surface area contributed by atoms with Crippen molar-refractivity contribution < 1.29 is 19.4 Å². The maximum atomic E-state index is 12.0. The molecule has 2 rings (SSSR count). The molecule has 0 saturated carbocycles. The van der Waals surface area contributed by atoms with Gasteiger partial charge in [0.25, 0.3) is 0 Å². The number of halogens is 2. The molecule has 1 aromatic heterocycles. The van der Waals surface area contributed by atoms with Crippen LogP contribution >= 0.6 is 34.5 Å². The quantitative estimate of drug-likeness (QED) is 0.343. The number of esters is 1. The third-order valence-corrected chi connectivity index (χ3v) is 4.48. The number of para-hydroxylation sites is 2. The second-order valence-corrected chi connectivity index (χ2v) is 6.71. The predicted octanol–water partition coefficient (Wildman–Crippen LogP) is 4.91. The number of thiophene rings is 1. The second kappa shape index (κ2) is 8.19. The zero-order valence-corrected chi connectivity index (χ0v) is 15.1. The van der Waals surface area contributed by atoms with Gasteiger partial charge in [0.1, 0.15) is 27.1 Å². The summed E-state index contributed by atoms with van der Waals surface area (Å²) >= 11 is 13.0. The van der Waals surface area contributed by atoms with E-state index in [9.17, 15) is 9.90 Å². The number of benzene rings is 1. The van der Waals surface area contributed by atoms with Crippen molar-refractivity contribution in [2.24, 2.45) is 4.99 Å². The van der Waals surface area contributed by atoms with Gasteiger partial charge in [-0.05, 0) is 18.2 Å². The van der Waals surface area contributed by atoms with Crippen molar-refractivity contribution in [1.29, 1.82) is 0 Å². The molecule has 0 bridgehead atoms. The van der Waals surface area contributed by atoms with E-state index in [2.05, 4.69) is 4.99 Å². The van der Waals surface area contributed by atoms with Crippen LogP contribution in [0.25, 0.3) is 5.76 Å². The minimum Gasteiger partial charge on any atom is -0.506 e. The zero-order chi connectivity index (χ0) is 17.7. The van der Waals surface area contributed by atoms with Gasteiger partial charge in [-0.2, -0.15) is 0 Å². The molecule has 1 aromatic carbocycles. The van der Waals surface area contributed by atoms with E-state index < -0.39 is 5.97 Å². The molecule has 0 spiro atoms. The lowest BCUT2D eigenvalue weighted by Gasteiger charge is -2.06. The lowest BCUT2D eigenvalue weighted by atomic mass is 10.1. The number of rotatable bonds is 5. The van der Waals surface area contributed by atoms with E-state index in [1.165, 1.54) is 26.5 Å². The molecule has 0 aliphatic heterocycles. The first-order chi connectivity index (χ1) is 11.5. The van der Waals surface area contributed by atoms with Crippen molar-refractivity contribution in [1.82, 2.24) is 0 Å². The van der Waals surface area contributed by atoms with Crippen molar-refractivity contribution >= 4 is 58.2 Å². The summed E-state index contributed by atoms with van der Waals surface area (Å²) in [5, 5.41) is 10.4. The van der Waals surface area contributed by atoms with Crippen molar-refractivity contribution in [3.8, 4) is 5.75 Å². The second-order valence-electron chi connectivity index (χ2n) is 4.42. The minimum absolute atomic E-state index is 0.153. The largest absolute Gasteiger partial charge is 0.506 e. The average Bonchev–Trinajstić information content (AvgIpc) is 2.93. The number of aliphatic imine (C=N–C) groups is 1. The number of carbonyl (C=O) groups is 1. The summed E-state index contributed by atoms with van der Waals surface area (Å²) in [6.07, 6.45) is 1.20. The highest BCUT2D eigenvalue weighted by atomic mass is 35.5. The molecule has 1 heterocycles. The number of carbonyl (C=O) groups excluding carboxylic acids is 1. The SMILES string of the molecule is COC(=O)/C(C=Nc1ccccc1OC)=C(/O)c1cc(Cl)sc1Cl. The summed E-state index contributed by atoms with van der Waals surface area (Å²) in [6.45, 7) is 0. The predicted molar refractivity (Wildman–Crippen MR) is 97.0 cm³/mol. The van der Waals surface area contributed by atoms with Crippen LogP contribution < -0.4 is 4.74 Å². The molecule has 2 aromatic rings. The maximum absolute atomic E-state index is 12.0. The fourth-order valence-electron chi connectivity index (χ4n) is 1.84. The molecule has 5 nitrogen and oxygen atoms in total. The molecule has 0 unspecified atom stereocenters. The van der Waals surface area contributed by atoms with E-state index in [4.69, 9.17) is 32.7 Å². The summed E-state index contributed by atoms with van der Waals surface area (Å²) in [7, 11) is 2.71. The number of hydrogen-bond donors (Lipinski definition) is 1. The van der Waals surface area contributed by atoms with Gasteiger partial charge in [0.05, 0.1) is 18.6 Å². The van der Waals surface area contributed by atoms with Crippen LogP contribution in [0, 0.1) is 0 Å². The Labute approximate surface area is 152 Å². The van der Waals surface area contributed by atoms with Gasteiger partial charge in [-0.1, -0.05) is 35.3 Å². The van der Waals surface area contributed by atoms with Crippen molar-refractivity contribution in [3.63, 3.8) is 0 Å². The van der Waals surface area contributed by atoms with E-state index >= 15 is 0 Å². The highest BCUT2D eigenvalue weighted by Crippen LogP contribution is 2.36. The summed E-state index contributed by atoms with van der Waals surface area (Å²) in [4.78, 5) is 16.2. The molecule has 0 fully saturated rings. The molecular weight excluding hydrogens is 373 g/mol. The third kappa shape index (κ3) is 4.08. The van der Waals surface area contributed by atoms with Crippen LogP contribution in [0.5, 0.6) is 5.75 Å². The fourth-order valence-corrected chi connectivity index (χ4v) is 3.30. The van der Waals surface area contributed by atoms with Crippen molar-refractivity contribution in [3.05, 3.63) is 50.1 Å². The maximum Gasteiger partial charge on any atom is 0.343 e. The zero-order valence-electron chi connectivity index (χ0n) is 12.7. The Hall–Kier alpha value is -2.02. The number of methoxy groups -OCH3 is 2. The Morgan fingerprint density at radius 1 is 1.29 bits per heavy atom. The van der Waals surface area contributed by atoms with Crippen LogP contribution in [0.3, 0.4) is 0 Å². The number of aliphatic hydroxyl groups excluding tert-OH is 1. The smallest absolute Gasteiger partial charge is 0.343 e.